The van der Waals surface area contributed by atoms with Crippen LogP contribution in [0.4, 0.5) is 5.82 Å². The number of anilines is 1. The van der Waals surface area contributed by atoms with E-state index in [1.54, 1.807) is 22.4 Å². The molecule has 140 valence electrons. The minimum Gasteiger partial charge on any atom is -0.497 e. The highest BCUT2D eigenvalue weighted by atomic mass is 16.5. The van der Waals surface area contributed by atoms with Crippen molar-refractivity contribution in [2.45, 2.75) is 19.3 Å². The summed E-state index contributed by atoms with van der Waals surface area (Å²) in [6, 6.07) is 11.4. The lowest BCUT2D eigenvalue weighted by Gasteiger charge is -2.24. The van der Waals surface area contributed by atoms with Gasteiger partial charge in [-0.05, 0) is 36.8 Å². The van der Waals surface area contributed by atoms with Crippen molar-refractivity contribution in [3.05, 3.63) is 59.5 Å². The summed E-state index contributed by atoms with van der Waals surface area (Å²) < 4.78 is 8.48. The molecular formula is C19H17N7O2. The fourth-order valence-corrected chi connectivity index (χ4v) is 3.67. The van der Waals surface area contributed by atoms with Crippen LogP contribution in [0, 0.1) is 6.92 Å². The van der Waals surface area contributed by atoms with Crippen molar-refractivity contribution < 1.29 is 9.53 Å². The quantitative estimate of drug-likeness (QED) is 0.589. The molecule has 0 fully saturated rings. The van der Waals surface area contributed by atoms with Crippen LogP contribution < -0.4 is 10.1 Å². The van der Waals surface area contributed by atoms with E-state index < -0.39 is 0 Å². The lowest BCUT2D eigenvalue weighted by Crippen LogP contribution is -2.25. The van der Waals surface area contributed by atoms with E-state index in [-0.39, 0.29) is 11.8 Å². The summed E-state index contributed by atoms with van der Waals surface area (Å²) in [7, 11) is 1.63. The number of fused-ring (bicyclic) bond motifs is 2. The van der Waals surface area contributed by atoms with E-state index in [2.05, 4.69) is 25.7 Å². The van der Waals surface area contributed by atoms with Crippen LogP contribution in [0.2, 0.25) is 0 Å². The number of carbonyl (C=O) groups excluding carboxylic acids is 1. The van der Waals surface area contributed by atoms with Gasteiger partial charge in [-0.15, -0.1) is 15.3 Å². The Morgan fingerprint density at radius 1 is 1.14 bits per heavy atom. The van der Waals surface area contributed by atoms with Gasteiger partial charge in [-0.3, -0.25) is 4.79 Å². The van der Waals surface area contributed by atoms with Crippen molar-refractivity contribution in [1.29, 1.82) is 0 Å². The van der Waals surface area contributed by atoms with Gasteiger partial charge in [0.2, 0.25) is 5.91 Å². The molecule has 1 aliphatic heterocycles. The highest BCUT2D eigenvalue weighted by Gasteiger charge is 2.33. The molecule has 0 spiro atoms. The van der Waals surface area contributed by atoms with Crippen LogP contribution in [-0.4, -0.2) is 42.6 Å². The Balaban J connectivity index is 1.64. The highest BCUT2D eigenvalue weighted by molar-refractivity contribution is 5.95. The third kappa shape index (κ3) is 2.51. The number of hydrogen-bond donors (Lipinski definition) is 1. The second kappa shape index (κ2) is 6.15. The van der Waals surface area contributed by atoms with E-state index in [4.69, 9.17) is 4.74 Å². The summed E-state index contributed by atoms with van der Waals surface area (Å²) in [6.45, 7) is 1.95. The van der Waals surface area contributed by atoms with Gasteiger partial charge in [0.15, 0.2) is 11.5 Å². The first-order valence-corrected chi connectivity index (χ1v) is 8.85. The van der Waals surface area contributed by atoms with Gasteiger partial charge in [-0.2, -0.15) is 14.3 Å². The van der Waals surface area contributed by atoms with E-state index in [0.29, 0.717) is 23.7 Å². The normalized spacial score (nSPS) is 16.1. The van der Waals surface area contributed by atoms with Crippen LogP contribution in [-0.2, 0) is 4.79 Å². The van der Waals surface area contributed by atoms with Gasteiger partial charge < -0.3 is 10.1 Å². The molecule has 3 aromatic heterocycles. The Bertz CT molecular complexity index is 1190. The first kappa shape index (κ1) is 16.4. The number of aromatic nitrogens is 6. The minimum atomic E-state index is -0.0814. The van der Waals surface area contributed by atoms with Crippen LogP contribution >= 0.6 is 0 Å². The highest BCUT2D eigenvalue weighted by Crippen LogP contribution is 2.40. The number of amides is 1. The number of hydrogen-bond acceptors (Lipinski definition) is 6. The SMILES string of the molecule is COc1ccc(C2CC(=O)Nc3c2c(C)nn3-c2ccc3nncn3n2)cc1. The van der Waals surface area contributed by atoms with Crippen molar-refractivity contribution in [3.8, 4) is 11.6 Å². The number of benzene rings is 1. The largest absolute Gasteiger partial charge is 0.497 e. The number of nitrogens with one attached hydrogen (secondary N) is 1. The Morgan fingerprint density at radius 3 is 2.75 bits per heavy atom. The van der Waals surface area contributed by atoms with Crippen LogP contribution in [0.5, 0.6) is 5.75 Å². The maximum atomic E-state index is 12.5. The fraction of sp³-hybridized carbons (Fsp3) is 0.211. The number of rotatable bonds is 3. The second-order valence-electron chi connectivity index (χ2n) is 6.66. The molecule has 1 unspecified atom stereocenters. The van der Waals surface area contributed by atoms with Gasteiger partial charge >= 0.3 is 0 Å². The Morgan fingerprint density at radius 2 is 1.96 bits per heavy atom. The van der Waals surface area contributed by atoms with Crippen molar-refractivity contribution in [1.82, 2.24) is 29.6 Å². The summed E-state index contributed by atoms with van der Waals surface area (Å²) in [5, 5.41) is 19.9. The topological polar surface area (TPSA) is 99.2 Å². The van der Waals surface area contributed by atoms with Crippen LogP contribution in [0.15, 0.2) is 42.7 Å². The molecule has 0 saturated carbocycles. The predicted molar refractivity (Wildman–Crippen MR) is 101 cm³/mol. The first-order valence-electron chi connectivity index (χ1n) is 8.85. The van der Waals surface area contributed by atoms with Crippen molar-refractivity contribution in [3.63, 3.8) is 0 Å². The standard InChI is InChI=1S/C19H17N7O2/c1-11-18-14(12-3-5-13(28-2)6-4-12)9-17(27)21-19(18)26(23-11)16-8-7-15-22-20-10-25(15)24-16/h3-8,10,14H,9H2,1-2H3,(H,21,27). The molecule has 1 aliphatic rings. The van der Waals surface area contributed by atoms with Crippen LogP contribution in [0.1, 0.15) is 29.2 Å². The number of ether oxygens (including phenoxy) is 1. The third-order valence-corrected chi connectivity index (χ3v) is 4.99. The average molecular weight is 375 g/mol. The maximum absolute atomic E-state index is 12.5. The number of carbonyl (C=O) groups is 1. The van der Waals surface area contributed by atoms with Crippen LogP contribution in [0.25, 0.3) is 11.5 Å². The van der Waals surface area contributed by atoms with Crippen LogP contribution in [0.3, 0.4) is 0 Å². The summed E-state index contributed by atoms with van der Waals surface area (Å²) in [5.41, 5.74) is 3.53. The van der Waals surface area contributed by atoms with Gasteiger partial charge in [-0.25, -0.2) is 0 Å². The molecule has 0 aliphatic carbocycles. The molecule has 5 rings (SSSR count). The number of aryl methyl sites for hydroxylation is 1. The van der Waals surface area contributed by atoms with Crippen molar-refractivity contribution >= 4 is 17.4 Å². The molecular weight excluding hydrogens is 358 g/mol. The third-order valence-electron chi connectivity index (χ3n) is 4.99. The van der Waals surface area contributed by atoms with E-state index >= 15 is 0 Å². The Hall–Kier alpha value is -3.75. The number of nitrogens with zero attached hydrogens (tertiary/aromatic N) is 6. The van der Waals surface area contributed by atoms with Gasteiger partial charge in [0.1, 0.15) is 17.9 Å². The second-order valence-corrected chi connectivity index (χ2v) is 6.66. The molecule has 1 N–H and O–H groups in total. The summed E-state index contributed by atoms with van der Waals surface area (Å²) in [4.78, 5) is 12.5. The first-order chi connectivity index (χ1) is 13.6. The number of methoxy groups -OCH3 is 1. The smallest absolute Gasteiger partial charge is 0.226 e. The zero-order chi connectivity index (χ0) is 19.3. The Kier molecular flexibility index (Phi) is 3.61. The summed E-state index contributed by atoms with van der Waals surface area (Å²) in [6.07, 6.45) is 1.89. The minimum absolute atomic E-state index is 0.0557. The molecule has 9 nitrogen and oxygen atoms in total. The molecule has 28 heavy (non-hydrogen) atoms. The van der Waals surface area contributed by atoms with E-state index in [0.717, 1.165) is 22.6 Å². The zero-order valence-electron chi connectivity index (χ0n) is 15.3. The fourth-order valence-electron chi connectivity index (χ4n) is 3.67. The summed E-state index contributed by atoms with van der Waals surface area (Å²) >= 11 is 0. The predicted octanol–water partition coefficient (Wildman–Crippen LogP) is 2.10. The summed E-state index contributed by atoms with van der Waals surface area (Å²) in [5.74, 6) is 1.87. The van der Waals surface area contributed by atoms with Gasteiger partial charge in [0.05, 0.1) is 12.8 Å². The van der Waals surface area contributed by atoms with Gasteiger partial charge in [0.25, 0.3) is 0 Å². The molecule has 1 atom stereocenters. The molecule has 1 aromatic carbocycles. The van der Waals surface area contributed by atoms with Gasteiger partial charge in [0, 0.05) is 17.9 Å². The lowest BCUT2D eigenvalue weighted by atomic mass is 9.86. The lowest BCUT2D eigenvalue weighted by molar-refractivity contribution is -0.116. The van der Waals surface area contributed by atoms with Gasteiger partial charge in [-0.1, -0.05) is 12.1 Å². The monoisotopic (exact) mass is 375 g/mol. The molecule has 0 radical (unpaired) electrons. The molecule has 9 heteroatoms. The zero-order valence-corrected chi connectivity index (χ0v) is 15.3. The van der Waals surface area contributed by atoms with Crippen molar-refractivity contribution in [2.75, 3.05) is 12.4 Å². The van der Waals surface area contributed by atoms with Crippen molar-refractivity contribution in [2.24, 2.45) is 0 Å². The molecule has 1 amide bonds. The molecule has 0 saturated heterocycles. The maximum Gasteiger partial charge on any atom is 0.226 e. The molecule has 0 bridgehead atoms. The molecule has 4 aromatic rings. The Labute approximate surface area is 160 Å². The van der Waals surface area contributed by atoms with E-state index in [1.807, 2.05) is 37.3 Å². The molecule has 4 heterocycles. The van der Waals surface area contributed by atoms with E-state index in [1.165, 1.54) is 6.33 Å². The van der Waals surface area contributed by atoms with E-state index in [9.17, 15) is 4.79 Å². The average Bonchev–Trinajstić information content (AvgIpc) is 3.31.